The Morgan fingerprint density at radius 2 is 1.69 bits per heavy atom. The molecule has 2 aromatic rings. The van der Waals surface area contributed by atoms with E-state index in [1.54, 1.807) is 6.92 Å². The molecule has 0 saturated heterocycles. The average molecular weight is 438 g/mol. The largest absolute Gasteiger partial charge is 0.508 e. The molecule has 0 aromatic heterocycles. The van der Waals surface area contributed by atoms with Crippen molar-refractivity contribution in [3.8, 4) is 5.75 Å². The lowest BCUT2D eigenvalue weighted by molar-refractivity contribution is -0.137. The van der Waals surface area contributed by atoms with Gasteiger partial charge in [0.15, 0.2) is 5.78 Å². The molecule has 0 heterocycles. The minimum atomic E-state index is -1.22. The number of amides is 3. The number of primary amides is 1. The van der Waals surface area contributed by atoms with Crippen LogP contribution in [0, 0.1) is 19.8 Å². The van der Waals surface area contributed by atoms with E-state index in [-0.39, 0.29) is 36.0 Å². The van der Waals surface area contributed by atoms with Crippen molar-refractivity contribution in [2.24, 2.45) is 16.8 Å². The van der Waals surface area contributed by atoms with Gasteiger partial charge < -0.3 is 16.2 Å². The fraction of sp³-hybridized carbons (Fsp3) is 0.261. The molecule has 168 valence electrons. The summed E-state index contributed by atoms with van der Waals surface area (Å²) in [6.45, 7) is 5.37. The lowest BCUT2D eigenvalue weighted by atomic mass is 9.92. The van der Waals surface area contributed by atoms with Crippen LogP contribution in [0.4, 0.5) is 5.69 Å². The first-order chi connectivity index (χ1) is 15.1. The van der Waals surface area contributed by atoms with Gasteiger partial charge in [-0.1, -0.05) is 12.1 Å². The van der Waals surface area contributed by atoms with Crippen molar-refractivity contribution in [2.75, 3.05) is 5.32 Å². The van der Waals surface area contributed by atoms with Gasteiger partial charge in [0.2, 0.25) is 5.91 Å². The van der Waals surface area contributed by atoms with E-state index in [9.17, 15) is 24.3 Å². The number of phenolic OH excluding ortho intramolecular Hbond substituents is 1. The summed E-state index contributed by atoms with van der Waals surface area (Å²) in [6.07, 6.45) is 0.0482. The van der Waals surface area contributed by atoms with Crippen LogP contribution < -0.4 is 16.5 Å². The van der Waals surface area contributed by atoms with Gasteiger partial charge in [0, 0.05) is 23.4 Å². The summed E-state index contributed by atoms with van der Waals surface area (Å²) in [7, 11) is 0. The Labute approximate surface area is 185 Å². The van der Waals surface area contributed by atoms with Crippen LogP contribution in [0.1, 0.15) is 41.3 Å². The quantitative estimate of drug-likeness (QED) is 0.216. The highest BCUT2D eigenvalue weighted by atomic mass is 16.3. The summed E-state index contributed by atoms with van der Waals surface area (Å²) in [5.74, 6) is -3.77. The molecule has 1 atom stereocenters. The van der Waals surface area contributed by atoms with E-state index in [4.69, 9.17) is 5.73 Å². The molecule has 0 aliphatic carbocycles. The maximum atomic E-state index is 12.8. The molecular weight excluding hydrogens is 412 g/mol. The number of benzene rings is 2. The van der Waals surface area contributed by atoms with Gasteiger partial charge in [0.1, 0.15) is 5.75 Å². The maximum absolute atomic E-state index is 12.8. The van der Waals surface area contributed by atoms with Gasteiger partial charge in [0.05, 0.1) is 5.92 Å². The molecule has 3 amide bonds. The van der Waals surface area contributed by atoms with E-state index in [0.29, 0.717) is 11.3 Å². The molecule has 0 unspecified atom stereocenters. The highest BCUT2D eigenvalue weighted by Gasteiger charge is 2.23. The average Bonchev–Trinajstić information content (AvgIpc) is 2.75. The number of carbonyl (C=O) groups excluding carboxylic acids is 4. The van der Waals surface area contributed by atoms with Crippen LogP contribution in [-0.2, 0) is 14.4 Å². The predicted octanol–water partition coefficient (Wildman–Crippen LogP) is 2.20. The number of ketones is 1. The minimum absolute atomic E-state index is 0.00808. The number of carbonyl (C=O) groups is 4. The second-order valence-electron chi connectivity index (χ2n) is 7.41. The highest BCUT2D eigenvalue weighted by molar-refractivity contribution is 6.34. The molecule has 0 aliphatic rings. The zero-order valence-corrected chi connectivity index (χ0v) is 18.1. The van der Waals surface area contributed by atoms with Crippen molar-refractivity contribution in [1.29, 1.82) is 0 Å². The molecule has 2 rings (SSSR count). The van der Waals surface area contributed by atoms with Gasteiger partial charge in [-0.05, 0) is 68.7 Å². The highest BCUT2D eigenvalue weighted by Crippen LogP contribution is 2.19. The van der Waals surface area contributed by atoms with Gasteiger partial charge in [-0.3, -0.25) is 19.2 Å². The molecule has 0 bridgehead atoms. The zero-order chi connectivity index (χ0) is 23.8. The number of anilines is 1. The molecule has 0 aliphatic heterocycles. The van der Waals surface area contributed by atoms with Crippen LogP contribution in [0.5, 0.6) is 5.75 Å². The molecule has 0 radical (unpaired) electrons. The number of aromatic hydroxyl groups is 1. The SMILES string of the molecule is Cc1ccc(C)c(NC(=O)CC/C(=N\NC(=O)C(N)=O)[C@@H](C)C(=O)c2ccc(O)cc2)c1. The Hall–Kier alpha value is -4.01. The Balaban J connectivity index is 2.16. The second kappa shape index (κ2) is 10.9. The summed E-state index contributed by atoms with van der Waals surface area (Å²) >= 11 is 0. The van der Waals surface area contributed by atoms with Crippen LogP contribution >= 0.6 is 0 Å². The zero-order valence-electron chi connectivity index (χ0n) is 18.1. The molecule has 9 heteroatoms. The van der Waals surface area contributed by atoms with Crippen molar-refractivity contribution >= 4 is 34.9 Å². The normalized spacial score (nSPS) is 12.0. The van der Waals surface area contributed by atoms with Crippen molar-refractivity contribution in [3.63, 3.8) is 0 Å². The third-order valence-corrected chi connectivity index (χ3v) is 4.85. The lowest BCUT2D eigenvalue weighted by Gasteiger charge is -2.15. The van der Waals surface area contributed by atoms with Crippen LogP contribution in [0.3, 0.4) is 0 Å². The van der Waals surface area contributed by atoms with Crippen molar-refractivity contribution in [1.82, 2.24) is 5.43 Å². The number of nitrogens with zero attached hydrogens (tertiary/aromatic N) is 1. The Kier molecular flexibility index (Phi) is 8.23. The molecule has 9 nitrogen and oxygen atoms in total. The Morgan fingerprint density at radius 1 is 1.03 bits per heavy atom. The van der Waals surface area contributed by atoms with Crippen LogP contribution in [0.15, 0.2) is 47.6 Å². The molecule has 0 saturated carbocycles. The number of hydrogen-bond acceptors (Lipinski definition) is 6. The number of nitrogens with one attached hydrogen (secondary N) is 2. The molecule has 0 fully saturated rings. The van der Waals surface area contributed by atoms with E-state index < -0.39 is 17.7 Å². The summed E-state index contributed by atoms with van der Waals surface area (Å²) in [4.78, 5) is 47.8. The minimum Gasteiger partial charge on any atom is -0.508 e. The summed E-state index contributed by atoms with van der Waals surface area (Å²) < 4.78 is 0. The van der Waals surface area contributed by atoms with E-state index in [1.165, 1.54) is 24.3 Å². The summed E-state index contributed by atoms with van der Waals surface area (Å²) in [5.41, 5.74) is 10.1. The van der Waals surface area contributed by atoms with Crippen LogP contribution in [-0.4, -0.2) is 34.3 Å². The van der Waals surface area contributed by atoms with Gasteiger partial charge >= 0.3 is 11.8 Å². The summed E-state index contributed by atoms with van der Waals surface area (Å²) in [6, 6.07) is 11.4. The number of nitrogens with two attached hydrogens (primary N) is 1. The first-order valence-corrected chi connectivity index (χ1v) is 9.95. The Bertz CT molecular complexity index is 1060. The molecule has 0 spiro atoms. The van der Waals surface area contributed by atoms with E-state index in [0.717, 1.165) is 11.1 Å². The topological polar surface area (TPSA) is 151 Å². The predicted molar refractivity (Wildman–Crippen MR) is 120 cm³/mol. The van der Waals surface area contributed by atoms with Gasteiger partial charge in [-0.25, -0.2) is 5.43 Å². The lowest BCUT2D eigenvalue weighted by Crippen LogP contribution is -2.35. The second-order valence-corrected chi connectivity index (χ2v) is 7.41. The molecular formula is C23H26N4O5. The van der Waals surface area contributed by atoms with Crippen LogP contribution in [0.25, 0.3) is 0 Å². The third-order valence-electron chi connectivity index (χ3n) is 4.85. The number of hydrogen-bond donors (Lipinski definition) is 4. The maximum Gasteiger partial charge on any atom is 0.329 e. The third kappa shape index (κ3) is 6.76. The first kappa shape index (κ1) is 24.3. The standard InChI is InChI=1S/C23H26N4O5/c1-13-4-5-14(2)19(12-13)25-20(29)11-10-18(26-27-23(32)22(24)31)15(3)21(30)16-6-8-17(28)9-7-16/h4-9,12,15,28H,10-11H2,1-3H3,(H2,24,31)(H,25,29)(H,27,32)/b26-18+/t15-/m1/s1. The number of Topliss-reactive ketones (excluding diaryl/α,β-unsaturated/α-hetero) is 1. The number of rotatable bonds is 8. The van der Waals surface area contributed by atoms with Crippen molar-refractivity contribution < 1.29 is 24.3 Å². The Morgan fingerprint density at radius 3 is 2.31 bits per heavy atom. The molecule has 32 heavy (non-hydrogen) atoms. The smallest absolute Gasteiger partial charge is 0.329 e. The van der Waals surface area contributed by atoms with Crippen molar-refractivity contribution in [3.05, 3.63) is 59.2 Å². The van der Waals surface area contributed by atoms with E-state index in [1.807, 2.05) is 37.5 Å². The van der Waals surface area contributed by atoms with Gasteiger partial charge in [-0.2, -0.15) is 5.10 Å². The molecule has 2 aromatic carbocycles. The van der Waals surface area contributed by atoms with Gasteiger partial charge in [-0.15, -0.1) is 0 Å². The van der Waals surface area contributed by atoms with Crippen molar-refractivity contribution in [2.45, 2.75) is 33.6 Å². The van der Waals surface area contributed by atoms with E-state index >= 15 is 0 Å². The number of aryl methyl sites for hydroxylation is 2. The summed E-state index contributed by atoms with van der Waals surface area (Å²) in [5, 5.41) is 16.1. The fourth-order valence-electron chi connectivity index (χ4n) is 2.90. The fourth-order valence-corrected chi connectivity index (χ4v) is 2.90. The van der Waals surface area contributed by atoms with Crippen LogP contribution in [0.2, 0.25) is 0 Å². The monoisotopic (exact) mass is 438 g/mol. The number of hydrazone groups is 1. The molecule has 5 N–H and O–H groups in total. The van der Waals surface area contributed by atoms with E-state index in [2.05, 4.69) is 10.4 Å². The number of phenols is 1. The first-order valence-electron chi connectivity index (χ1n) is 9.95. The van der Waals surface area contributed by atoms with Gasteiger partial charge in [0.25, 0.3) is 0 Å².